The van der Waals surface area contributed by atoms with E-state index in [-0.39, 0.29) is 17.4 Å². The normalized spacial score (nSPS) is 38.1. The summed E-state index contributed by atoms with van der Waals surface area (Å²) in [5.41, 5.74) is 6.26. The van der Waals surface area contributed by atoms with E-state index >= 15 is 0 Å². The van der Waals surface area contributed by atoms with Crippen LogP contribution in [0.1, 0.15) is 57.4 Å². The Kier molecular flexibility index (Phi) is 3.97. The molecule has 0 saturated heterocycles. The lowest BCUT2D eigenvalue weighted by molar-refractivity contribution is -0.0330. The fourth-order valence-corrected chi connectivity index (χ4v) is 6.86. The summed E-state index contributed by atoms with van der Waals surface area (Å²) in [6.07, 6.45) is 14.9. The van der Waals surface area contributed by atoms with Crippen LogP contribution in [0.25, 0.3) is 16.6 Å². The first-order valence-electron chi connectivity index (χ1n) is 11.4. The van der Waals surface area contributed by atoms with Crippen LogP contribution in [0, 0.1) is 17.3 Å². The molecule has 4 unspecified atom stereocenters. The van der Waals surface area contributed by atoms with Crippen molar-refractivity contribution in [2.45, 2.75) is 63.6 Å². The number of aliphatic hydroxyl groups is 2. The van der Waals surface area contributed by atoms with E-state index in [2.05, 4.69) is 53.3 Å². The van der Waals surface area contributed by atoms with Gasteiger partial charge >= 0.3 is 0 Å². The summed E-state index contributed by atoms with van der Waals surface area (Å²) in [5.74, 6) is 0.714. The summed E-state index contributed by atoms with van der Waals surface area (Å²) >= 11 is 0. The molecule has 1 saturated carbocycles. The molecule has 4 nitrogen and oxygen atoms in total. The summed E-state index contributed by atoms with van der Waals surface area (Å²) in [7, 11) is 0. The highest BCUT2D eigenvalue weighted by molar-refractivity contribution is 5.83. The highest BCUT2D eigenvalue weighted by Gasteiger charge is 2.55. The number of aromatic nitrogens is 2. The Labute approximate surface area is 177 Å². The summed E-state index contributed by atoms with van der Waals surface area (Å²) in [5, 5.41) is 22.3. The summed E-state index contributed by atoms with van der Waals surface area (Å²) in [4.78, 5) is 7.59. The Hall–Kier alpha value is -2.17. The monoisotopic (exact) mass is 402 g/mol. The lowest BCUT2D eigenvalue weighted by Crippen LogP contribution is -2.48. The second-order valence-electron chi connectivity index (χ2n) is 10.1. The Morgan fingerprint density at radius 1 is 1.17 bits per heavy atom. The zero-order valence-corrected chi connectivity index (χ0v) is 17.6. The SMILES string of the molecule is CC12CC=C3C=C4CC(O)CCC4CC[C@]3(O)C1CC=C2c1ccc2nc[nH]c2c1. The molecular weight excluding hydrogens is 372 g/mol. The van der Waals surface area contributed by atoms with Crippen LogP contribution in [-0.2, 0) is 0 Å². The van der Waals surface area contributed by atoms with Gasteiger partial charge in [0, 0.05) is 11.3 Å². The third-order valence-electron chi connectivity index (χ3n) is 8.55. The number of benzene rings is 1. The van der Waals surface area contributed by atoms with Gasteiger partial charge in [-0.1, -0.05) is 36.8 Å². The van der Waals surface area contributed by atoms with Gasteiger partial charge in [-0.2, -0.15) is 0 Å². The van der Waals surface area contributed by atoms with Gasteiger partial charge < -0.3 is 15.2 Å². The van der Waals surface area contributed by atoms with E-state index in [0.717, 1.165) is 61.6 Å². The van der Waals surface area contributed by atoms with Crippen molar-refractivity contribution in [3.05, 3.63) is 59.5 Å². The average molecular weight is 403 g/mol. The third kappa shape index (κ3) is 2.56. The number of fused-ring (bicyclic) bond motifs is 5. The van der Waals surface area contributed by atoms with Gasteiger partial charge in [0.25, 0.3) is 0 Å². The van der Waals surface area contributed by atoms with Gasteiger partial charge in [-0.25, -0.2) is 4.98 Å². The van der Waals surface area contributed by atoms with Gasteiger partial charge in [-0.15, -0.1) is 0 Å². The molecule has 0 aliphatic heterocycles. The topological polar surface area (TPSA) is 69.1 Å². The van der Waals surface area contributed by atoms with Gasteiger partial charge in [0.1, 0.15) is 0 Å². The smallest absolute Gasteiger partial charge is 0.0933 e. The first-order chi connectivity index (χ1) is 14.5. The van der Waals surface area contributed by atoms with E-state index in [4.69, 9.17) is 0 Å². The van der Waals surface area contributed by atoms with Crippen LogP contribution in [0.5, 0.6) is 0 Å². The average Bonchev–Trinajstić information content (AvgIpc) is 3.30. The number of H-pyrrole nitrogens is 1. The number of hydrogen-bond acceptors (Lipinski definition) is 3. The standard InChI is InChI=1S/C26H30N2O2/c1-25-10-9-19-12-18-13-20(29)4-2-16(18)8-11-26(19,30)24(25)7-5-21(25)17-3-6-22-23(14-17)28-15-27-22/h3,5-6,9,12,14-16,20,24,29-30H,2,4,7-8,10-11,13H2,1H3,(H,27,28)/t16?,20?,24?,25?,26-/m1/s1. The number of rotatable bonds is 1. The Morgan fingerprint density at radius 3 is 2.97 bits per heavy atom. The van der Waals surface area contributed by atoms with Gasteiger partial charge in [0.05, 0.1) is 29.1 Å². The maximum atomic E-state index is 12.1. The lowest BCUT2D eigenvalue weighted by atomic mass is 9.58. The fraction of sp³-hybridized carbons (Fsp3) is 0.500. The molecule has 156 valence electrons. The van der Waals surface area contributed by atoms with Gasteiger partial charge in [-0.3, -0.25) is 0 Å². The van der Waals surface area contributed by atoms with Crippen LogP contribution in [0.2, 0.25) is 0 Å². The Bertz CT molecular complexity index is 1110. The molecule has 0 bridgehead atoms. The van der Waals surface area contributed by atoms with E-state index in [1.165, 1.54) is 16.7 Å². The predicted molar refractivity (Wildman–Crippen MR) is 119 cm³/mol. The van der Waals surface area contributed by atoms with Gasteiger partial charge in [0.2, 0.25) is 0 Å². The summed E-state index contributed by atoms with van der Waals surface area (Å²) < 4.78 is 0. The van der Waals surface area contributed by atoms with Crippen molar-refractivity contribution in [1.82, 2.24) is 9.97 Å². The molecule has 4 heteroatoms. The molecule has 1 aromatic heterocycles. The lowest BCUT2D eigenvalue weighted by Gasteiger charge is -2.48. The van der Waals surface area contributed by atoms with Crippen LogP contribution >= 0.6 is 0 Å². The minimum absolute atomic E-state index is 0.0700. The predicted octanol–water partition coefficient (Wildman–Crippen LogP) is 4.91. The van der Waals surface area contributed by atoms with Crippen molar-refractivity contribution < 1.29 is 10.2 Å². The molecule has 0 amide bonds. The van der Waals surface area contributed by atoms with Gasteiger partial charge in [0.15, 0.2) is 0 Å². The first kappa shape index (κ1) is 18.6. The third-order valence-corrected chi connectivity index (χ3v) is 8.55. The molecule has 1 fully saturated rings. The van der Waals surface area contributed by atoms with E-state index in [1.54, 1.807) is 6.33 Å². The molecule has 1 aromatic carbocycles. The second kappa shape index (κ2) is 6.41. The number of allylic oxidation sites excluding steroid dienone is 3. The number of nitrogens with zero attached hydrogens (tertiary/aromatic N) is 1. The van der Waals surface area contributed by atoms with Crippen LogP contribution < -0.4 is 0 Å². The summed E-state index contributed by atoms with van der Waals surface area (Å²) in [6, 6.07) is 6.47. The molecule has 4 aliphatic rings. The van der Waals surface area contributed by atoms with E-state index < -0.39 is 5.60 Å². The van der Waals surface area contributed by atoms with E-state index in [1.807, 2.05) is 0 Å². The molecule has 3 N–H and O–H groups in total. The quantitative estimate of drug-likeness (QED) is 0.634. The van der Waals surface area contributed by atoms with E-state index in [0.29, 0.717) is 5.92 Å². The molecule has 0 radical (unpaired) electrons. The first-order valence-corrected chi connectivity index (χ1v) is 11.4. The maximum Gasteiger partial charge on any atom is 0.0933 e. The van der Waals surface area contributed by atoms with Crippen molar-refractivity contribution in [2.75, 3.05) is 0 Å². The molecule has 6 rings (SSSR count). The molecule has 30 heavy (non-hydrogen) atoms. The van der Waals surface area contributed by atoms with Crippen molar-refractivity contribution >= 4 is 16.6 Å². The van der Waals surface area contributed by atoms with Crippen molar-refractivity contribution in [2.24, 2.45) is 17.3 Å². The fourth-order valence-electron chi connectivity index (χ4n) is 6.86. The minimum atomic E-state index is -0.779. The number of hydrogen-bond donors (Lipinski definition) is 3. The number of aliphatic hydroxyl groups excluding tert-OH is 1. The number of aromatic amines is 1. The van der Waals surface area contributed by atoms with Crippen molar-refractivity contribution in [1.29, 1.82) is 0 Å². The number of imidazole rings is 1. The van der Waals surface area contributed by atoms with Crippen molar-refractivity contribution in [3.8, 4) is 0 Å². The molecule has 5 atom stereocenters. The maximum absolute atomic E-state index is 12.1. The molecular formula is C26H30N2O2. The molecule has 1 heterocycles. The molecule has 0 spiro atoms. The second-order valence-corrected chi connectivity index (χ2v) is 10.1. The van der Waals surface area contributed by atoms with Crippen LogP contribution in [0.4, 0.5) is 0 Å². The van der Waals surface area contributed by atoms with Crippen molar-refractivity contribution in [3.63, 3.8) is 0 Å². The van der Waals surface area contributed by atoms with Crippen LogP contribution in [-0.4, -0.2) is 31.9 Å². The zero-order chi connectivity index (χ0) is 20.5. The van der Waals surface area contributed by atoms with Gasteiger partial charge in [-0.05, 0) is 79.7 Å². The Balaban J connectivity index is 1.38. The largest absolute Gasteiger partial charge is 0.393 e. The Morgan fingerprint density at radius 2 is 2.07 bits per heavy atom. The zero-order valence-electron chi connectivity index (χ0n) is 17.6. The minimum Gasteiger partial charge on any atom is -0.393 e. The summed E-state index contributed by atoms with van der Waals surface area (Å²) in [6.45, 7) is 2.34. The van der Waals surface area contributed by atoms with Crippen LogP contribution in [0.3, 0.4) is 0 Å². The molecule has 2 aromatic rings. The highest BCUT2D eigenvalue weighted by atomic mass is 16.3. The molecule has 4 aliphatic carbocycles. The van der Waals surface area contributed by atoms with E-state index in [9.17, 15) is 10.2 Å². The van der Waals surface area contributed by atoms with Crippen LogP contribution in [0.15, 0.2) is 53.9 Å². The number of nitrogens with one attached hydrogen (secondary N) is 1. The highest BCUT2D eigenvalue weighted by Crippen LogP contribution is 2.61.